The first kappa shape index (κ1) is 17.1. The number of hydrogen-bond acceptors (Lipinski definition) is 4. The van der Waals surface area contributed by atoms with Gasteiger partial charge in [-0.05, 0) is 25.6 Å². The van der Waals surface area contributed by atoms with Crippen molar-refractivity contribution in [1.82, 2.24) is 20.1 Å². The number of piperazine rings is 1. The van der Waals surface area contributed by atoms with Crippen LogP contribution in [0.5, 0.6) is 0 Å². The van der Waals surface area contributed by atoms with Gasteiger partial charge in [0.1, 0.15) is 0 Å². The second-order valence-electron chi connectivity index (χ2n) is 6.32. The number of carbonyl (C=O) groups is 1. The van der Waals surface area contributed by atoms with Crippen LogP contribution in [0.4, 0.5) is 0 Å². The number of aryl methyl sites for hydroxylation is 1. The molecule has 3 rings (SSSR count). The summed E-state index contributed by atoms with van der Waals surface area (Å²) in [6.45, 7) is 6.24. The van der Waals surface area contributed by atoms with Crippen molar-refractivity contribution in [2.24, 2.45) is 0 Å². The number of carbonyl (C=O) groups excluding carboxylic acids is 1. The number of rotatable bonds is 4. The first-order valence-corrected chi connectivity index (χ1v) is 8.65. The Morgan fingerprint density at radius 3 is 2.79 bits per heavy atom. The molecule has 0 aliphatic carbocycles. The lowest BCUT2D eigenvalue weighted by molar-refractivity contribution is -0.132. The van der Waals surface area contributed by atoms with Crippen LogP contribution in [0.2, 0.25) is 5.02 Å². The molecule has 1 aliphatic heterocycles. The molecular formula is C18H23ClN4O. The maximum absolute atomic E-state index is 12.4. The third-order valence-electron chi connectivity index (χ3n) is 4.44. The van der Waals surface area contributed by atoms with E-state index in [0.717, 1.165) is 48.3 Å². The van der Waals surface area contributed by atoms with Gasteiger partial charge in [0.15, 0.2) is 0 Å². The predicted octanol–water partition coefficient (Wildman–Crippen LogP) is 2.06. The Morgan fingerprint density at radius 1 is 1.33 bits per heavy atom. The molecule has 1 fully saturated rings. The first-order valence-electron chi connectivity index (χ1n) is 8.27. The Morgan fingerprint density at radius 2 is 2.04 bits per heavy atom. The number of para-hydroxylation sites is 1. The highest BCUT2D eigenvalue weighted by molar-refractivity contribution is 6.32. The van der Waals surface area contributed by atoms with E-state index in [1.54, 1.807) is 0 Å². The van der Waals surface area contributed by atoms with E-state index in [9.17, 15) is 4.79 Å². The van der Waals surface area contributed by atoms with E-state index >= 15 is 0 Å². The van der Waals surface area contributed by atoms with Crippen molar-refractivity contribution in [1.29, 1.82) is 0 Å². The lowest BCUT2D eigenvalue weighted by atomic mass is 10.1. The summed E-state index contributed by atoms with van der Waals surface area (Å²) >= 11 is 6.51. The number of halogens is 1. The standard InChI is InChI=1S/C18H23ClN4O/c1-13-14-5-3-4-6-15(14)21-16(18(13)19)11-22(2)12-17(24)23-9-7-20-8-10-23/h3-6,20H,7-12H2,1-2H3. The number of likely N-dealkylation sites (N-methyl/N-ethyl adjacent to an activating group) is 1. The van der Waals surface area contributed by atoms with Crippen LogP contribution in [-0.4, -0.2) is 60.5 Å². The van der Waals surface area contributed by atoms with E-state index in [-0.39, 0.29) is 5.91 Å². The summed E-state index contributed by atoms with van der Waals surface area (Å²) in [6, 6.07) is 7.99. The third-order valence-corrected chi connectivity index (χ3v) is 4.94. The van der Waals surface area contributed by atoms with Crippen molar-refractivity contribution >= 4 is 28.4 Å². The Labute approximate surface area is 147 Å². The smallest absolute Gasteiger partial charge is 0.236 e. The minimum Gasteiger partial charge on any atom is -0.339 e. The van der Waals surface area contributed by atoms with E-state index in [4.69, 9.17) is 11.6 Å². The fraction of sp³-hybridized carbons (Fsp3) is 0.444. The molecule has 0 spiro atoms. The van der Waals surface area contributed by atoms with Crippen molar-refractivity contribution in [3.8, 4) is 0 Å². The fourth-order valence-electron chi connectivity index (χ4n) is 3.08. The van der Waals surface area contributed by atoms with E-state index < -0.39 is 0 Å². The minimum absolute atomic E-state index is 0.160. The molecule has 2 heterocycles. The van der Waals surface area contributed by atoms with Gasteiger partial charge in [-0.3, -0.25) is 9.69 Å². The topological polar surface area (TPSA) is 48.5 Å². The summed E-state index contributed by atoms with van der Waals surface area (Å²) in [5.41, 5.74) is 2.80. The zero-order valence-electron chi connectivity index (χ0n) is 14.2. The number of benzene rings is 1. The average Bonchev–Trinajstić information content (AvgIpc) is 2.60. The van der Waals surface area contributed by atoms with Crippen molar-refractivity contribution in [3.63, 3.8) is 0 Å². The van der Waals surface area contributed by atoms with E-state index in [1.165, 1.54) is 0 Å². The summed E-state index contributed by atoms with van der Waals surface area (Å²) in [7, 11) is 1.93. The molecule has 1 N–H and O–H groups in total. The molecule has 1 aromatic heterocycles. The molecule has 24 heavy (non-hydrogen) atoms. The molecule has 0 bridgehead atoms. The lowest BCUT2D eigenvalue weighted by Crippen LogP contribution is -2.49. The Balaban J connectivity index is 1.72. The van der Waals surface area contributed by atoms with Gasteiger partial charge in [-0.2, -0.15) is 0 Å². The van der Waals surface area contributed by atoms with Crippen molar-refractivity contribution in [2.75, 3.05) is 39.8 Å². The van der Waals surface area contributed by atoms with Crippen molar-refractivity contribution in [3.05, 3.63) is 40.5 Å². The lowest BCUT2D eigenvalue weighted by Gasteiger charge is -2.29. The normalized spacial score (nSPS) is 15.2. The molecule has 5 nitrogen and oxygen atoms in total. The number of fused-ring (bicyclic) bond motifs is 1. The summed E-state index contributed by atoms with van der Waals surface area (Å²) in [6.07, 6.45) is 0. The predicted molar refractivity (Wildman–Crippen MR) is 97.3 cm³/mol. The zero-order chi connectivity index (χ0) is 17.1. The van der Waals surface area contributed by atoms with Crippen molar-refractivity contribution < 1.29 is 4.79 Å². The van der Waals surface area contributed by atoms with Gasteiger partial charge in [0, 0.05) is 38.1 Å². The first-order chi connectivity index (χ1) is 11.6. The van der Waals surface area contributed by atoms with E-state index in [0.29, 0.717) is 18.1 Å². The van der Waals surface area contributed by atoms with Gasteiger partial charge in [0.05, 0.1) is 22.8 Å². The van der Waals surface area contributed by atoms with Crippen LogP contribution in [0.15, 0.2) is 24.3 Å². The van der Waals surface area contributed by atoms with Gasteiger partial charge in [-0.25, -0.2) is 4.98 Å². The van der Waals surface area contributed by atoms with Gasteiger partial charge < -0.3 is 10.2 Å². The minimum atomic E-state index is 0.160. The molecule has 1 aliphatic rings. The van der Waals surface area contributed by atoms with E-state index in [2.05, 4.69) is 10.3 Å². The second-order valence-corrected chi connectivity index (χ2v) is 6.70. The monoisotopic (exact) mass is 346 g/mol. The SMILES string of the molecule is Cc1c(Cl)c(CN(C)CC(=O)N2CCNCC2)nc2ccccc12. The average molecular weight is 347 g/mol. The number of hydrogen-bond donors (Lipinski definition) is 1. The molecule has 6 heteroatoms. The molecule has 2 aromatic rings. The number of pyridine rings is 1. The highest BCUT2D eigenvalue weighted by Crippen LogP contribution is 2.27. The summed E-state index contributed by atoms with van der Waals surface area (Å²) in [5, 5.41) is 5.02. The van der Waals surface area contributed by atoms with Crippen LogP contribution in [0.25, 0.3) is 10.9 Å². The van der Waals surface area contributed by atoms with Gasteiger partial charge in [0.25, 0.3) is 0 Å². The number of nitrogens with one attached hydrogen (secondary N) is 1. The maximum Gasteiger partial charge on any atom is 0.236 e. The second kappa shape index (κ2) is 7.47. The van der Waals surface area contributed by atoms with Crippen LogP contribution < -0.4 is 5.32 Å². The Kier molecular flexibility index (Phi) is 5.33. The van der Waals surface area contributed by atoms with Gasteiger partial charge >= 0.3 is 0 Å². The number of aromatic nitrogens is 1. The molecule has 0 saturated carbocycles. The highest BCUT2D eigenvalue weighted by atomic mass is 35.5. The number of nitrogens with zero attached hydrogens (tertiary/aromatic N) is 3. The van der Waals surface area contributed by atoms with Gasteiger partial charge in [0.2, 0.25) is 5.91 Å². The zero-order valence-corrected chi connectivity index (χ0v) is 14.9. The third kappa shape index (κ3) is 3.69. The molecule has 128 valence electrons. The van der Waals surface area contributed by atoms with Crippen LogP contribution in [0.1, 0.15) is 11.3 Å². The van der Waals surface area contributed by atoms with Crippen LogP contribution >= 0.6 is 11.6 Å². The van der Waals surface area contributed by atoms with E-state index in [1.807, 2.05) is 48.0 Å². The Hall–Kier alpha value is -1.69. The van der Waals surface area contributed by atoms with Crippen LogP contribution in [0.3, 0.4) is 0 Å². The fourth-order valence-corrected chi connectivity index (χ4v) is 3.28. The molecule has 1 aromatic carbocycles. The Bertz CT molecular complexity index is 743. The summed E-state index contributed by atoms with van der Waals surface area (Å²) < 4.78 is 0. The highest BCUT2D eigenvalue weighted by Gasteiger charge is 2.19. The summed E-state index contributed by atoms with van der Waals surface area (Å²) in [5.74, 6) is 0.160. The molecule has 0 atom stereocenters. The largest absolute Gasteiger partial charge is 0.339 e. The number of amides is 1. The molecule has 1 amide bonds. The van der Waals surface area contributed by atoms with Gasteiger partial charge in [-0.15, -0.1) is 0 Å². The van der Waals surface area contributed by atoms with Crippen LogP contribution in [-0.2, 0) is 11.3 Å². The molecule has 1 saturated heterocycles. The molecule has 0 unspecified atom stereocenters. The quantitative estimate of drug-likeness (QED) is 0.920. The van der Waals surface area contributed by atoms with Crippen molar-refractivity contribution in [2.45, 2.75) is 13.5 Å². The molecular weight excluding hydrogens is 324 g/mol. The van der Waals surface area contributed by atoms with Gasteiger partial charge in [-0.1, -0.05) is 29.8 Å². The molecule has 0 radical (unpaired) electrons. The summed E-state index contributed by atoms with van der Waals surface area (Å²) in [4.78, 5) is 20.9. The maximum atomic E-state index is 12.4. The van der Waals surface area contributed by atoms with Crippen LogP contribution in [0, 0.1) is 6.92 Å².